The Morgan fingerprint density at radius 2 is 2.05 bits per heavy atom. The summed E-state index contributed by atoms with van der Waals surface area (Å²) in [5.41, 5.74) is 4.77. The van der Waals surface area contributed by atoms with Crippen molar-refractivity contribution in [3.63, 3.8) is 0 Å². The van der Waals surface area contributed by atoms with Crippen molar-refractivity contribution < 1.29 is 4.74 Å². The van der Waals surface area contributed by atoms with E-state index in [0.717, 1.165) is 30.8 Å². The number of hydrogen-bond acceptors (Lipinski definition) is 3. The Balaban J connectivity index is 2.22. The summed E-state index contributed by atoms with van der Waals surface area (Å²) in [4.78, 5) is 4.35. The number of nitrogens with one attached hydrogen (secondary N) is 1. The molecule has 2 rings (SSSR count). The van der Waals surface area contributed by atoms with Gasteiger partial charge in [-0.2, -0.15) is 0 Å². The van der Waals surface area contributed by atoms with Crippen LogP contribution in [0.25, 0.3) is 11.1 Å². The zero-order valence-electron chi connectivity index (χ0n) is 12.4. The maximum absolute atomic E-state index is 5.25. The summed E-state index contributed by atoms with van der Waals surface area (Å²) in [6.45, 7) is 6.16. The Morgan fingerprint density at radius 1 is 1.20 bits per heavy atom. The molecular formula is C17H22N2O. The van der Waals surface area contributed by atoms with E-state index < -0.39 is 0 Å². The lowest BCUT2D eigenvalue weighted by atomic mass is 10.0. The molecule has 3 heteroatoms. The second-order valence-corrected chi connectivity index (χ2v) is 4.94. The fraction of sp³-hybridized carbons (Fsp3) is 0.353. The van der Waals surface area contributed by atoms with Gasteiger partial charge >= 0.3 is 0 Å². The van der Waals surface area contributed by atoms with Crippen molar-refractivity contribution in [2.45, 2.75) is 26.8 Å². The van der Waals surface area contributed by atoms with Crippen LogP contribution in [0.2, 0.25) is 0 Å². The molecule has 0 saturated heterocycles. The molecular weight excluding hydrogens is 248 g/mol. The van der Waals surface area contributed by atoms with Gasteiger partial charge in [-0.15, -0.1) is 0 Å². The van der Waals surface area contributed by atoms with Crippen LogP contribution in [-0.2, 0) is 6.54 Å². The van der Waals surface area contributed by atoms with Gasteiger partial charge in [0.05, 0.1) is 7.11 Å². The Bertz CT molecular complexity index is 567. The lowest BCUT2D eigenvalue weighted by molar-refractivity contribution is 0.414. The second kappa shape index (κ2) is 7.06. The maximum Gasteiger partial charge on any atom is 0.119 e. The molecule has 1 N–H and O–H groups in total. The molecule has 1 aromatic carbocycles. The Morgan fingerprint density at radius 3 is 2.75 bits per heavy atom. The predicted octanol–water partition coefficient (Wildman–Crippen LogP) is 3.57. The van der Waals surface area contributed by atoms with E-state index in [2.05, 4.69) is 42.3 Å². The van der Waals surface area contributed by atoms with Gasteiger partial charge in [0.25, 0.3) is 0 Å². The number of hydrogen-bond donors (Lipinski definition) is 1. The SMILES string of the molecule is CCCNCc1cncc(-c2ccc(OC)cc2C)c1. The minimum atomic E-state index is 0.865. The molecule has 0 saturated carbocycles. The van der Waals surface area contributed by atoms with Crippen LogP contribution in [0.5, 0.6) is 5.75 Å². The van der Waals surface area contributed by atoms with Gasteiger partial charge in [0.15, 0.2) is 0 Å². The van der Waals surface area contributed by atoms with Gasteiger partial charge in [0.1, 0.15) is 5.75 Å². The molecule has 106 valence electrons. The minimum Gasteiger partial charge on any atom is -0.497 e. The average Bonchev–Trinajstić information content (AvgIpc) is 2.47. The molecule has 3 nitrogen and oxygen atoms in total. The van der Waals surface area contributed by atoms with Crippen molar-refractivity contribution in [1.29, 1.82) is 0 Å². The van der Waals surface area contributed by atoms with E-state index in [1.165, 1.54) is 16.7 Å². The maximum atomic E-state index is 5.25. The van der Waals surface area contributed by atoms with Crippen molar-refractivity contribution in [2.24, 2.45) is 0 Å². The molecule has 0 bridgehead atoms. The fourth-order valence-corrected chi connectivity index (χ4v) is 2.23. The monoisotopic (exact) mass is 270 g/mol. The Kier molecular flexibility index (Phi) is 5.13. The molecule has 0 atom stereocenters. The number of aromatic nitrogens is 1. The van der Waals surface area contributed by atoms with Crippen molar-refractivity contribution in [1.82, 2.24) is 10.3 Å². The highest BCUT2D eigenvalue weighted by Gasteiger charge is 2.05. The van der Waals surface area contributed by atoms with Crippen molar-refractivity contribution in [3.05, 3.63) is 47.8 Å². The standard InChI is InChI=1S/C17H22N2O/c1-4-7-18-10-14-9-15(12-19-11-14)17-6-5-16(20-3)8-13(17)2/h5-6,8-9,11-12,18H,4,7,10H2,1-3H3. The van der Waals surface area contributed by atoms with Gasteiger partial charge < -0.3 is 10.1 Å². The minimum absolute atomic E-state index is 0.865. The molecule has 0 aliphatic heterocycles. The number of benzene rings is 1. The first kappa shape index (κ1) is 14.5. The summed E-state index contributed by atoms with van der Waals surface area (Å²) in [6.07, 6.45) is 4.98. The largest absolute Gasteiger partial charge is 0.497 e. The number of methoxy groups -OCH3 is 1. The van der Waals surface area contributed by atoms with Gasteiger partial charge in [-0.25, -0.2) is 0 Å². The summed E-state index contributed by atoms with van der Waals surface area (Å²) in [5, 5.41) is 3.40. The smallest absolute Gasteiger partial charge is 0.119 e. The normalized spacial score (nSPS) is 10.6. The van der Waals surface area contributed by atoms with Crippen LogP contribution in [0.3, 0.4) is 0 Å². The molecule has 0 radical (unpaired) electrons. The third-order valence-electron chi connectivity index (χ3n) is 3.30. The van der Waals surface area contributed by atoms with Gasteiger partial charge in [-0.1, -0.05) is 13.0 Å². The van der Waals surface area contributed by atoms with Crippen LogP contribution < -0.4 is 10.1 Å². The summed E-state index contributed by atoms with van der Waals surface area (Å²) >= 11 is 0. The van der Waals surface area contributed by atoms with E-state index in [1.807, 2.05) is 18.5 Å². The third-order valence-corrected chi connectivity index (χ3v) is 3.30. The van der Waals surface area contributed by atoms with Crippen molar-refractivity contribution >= 4 is 0 Å². The molecule has 1 aromatic heterocycles. The zero-order chi connectivity index (χ0) is 14.4. The van der Waals surface area contributed by atoms with Crippen LogP contribution in [0.1, 0.15) is 24.5 Å². The van der Waals surface area contributed by atoms with Crippen LogP contribution in [-0.4, -0.2) is 18.6 Å². The topological polar surface area (TPSA) is 34.2 Å². The molecule has 0 fully saturated rings. The lowest BCUT2D eigenvalue weighted by Gasteiger charge is -2.10. The lowest BCUT2D eigenvalue weighted by Crippen LogP contribution is -2.13. The van der Waals surface area contributed by atoms with E-state index >= 15 is 0 Å². The van der Waals surface area contributed by atoms with Gasteiger partial charge in [0, 0.05) is 24.5 Å². The summed E-state index contributed by atoms with van der Waals surface area (Å²) in [7, 11) is 1.69. The summed E-state index contributed by atoms with van der Waals surface area (Å²) in [6, 6.07) is 8.33. The molecule has 0 amide bonds. The molecule has 2 aromatic rings. The van der Waals surface area contributed by atoms with E-state index in [4.69, 9.17) is 4.74 Å². The molecule has 1 heterocycles. The van der Waals surface area contributed by atoms with Crippen LogP contribution in [0, 0.1) is 6.92 Å². The van der Waals surface area contributed by atoms with Crippen LogP contribution in [0.4, 0.5) is 0 Å². The molecule has 0 aliphatic carbocycles. The quantitative estimate of drug-likeness (QED) is 0.815. The second-order valence-electron chi connectivity index (χ2n) is 4.94. The van der Waals surface area contributed by atoms with Gasteiger partial charge in [0.2, 0.25) is 0 Å². The number of rotatable bonds is 6. The molecule has 0 unspecified atom stereocenters. The van der Waals surface area contributed by atoms with Crippen LogP contribution >= 0.6 is 0 Å². The first-order valence-electron chi connectivity index (χ1n) is 7.04. The van der Waals surface area contributed by atoms with E-state index in [-0.39, 0.29) is 0 Å². The van der Waals surface area contributed by atoms with Crippen molar-refractivity contribution in [3.8, 4) is 16.9 Å². The zero-order valence-corrected chi connectivity index (χ0v) is 12.4. The first-order chi connectivity index (χ1) is 9.74. The predicted molar refractivity (Wildman–Crippen MR) is 83.0 cm³/mol. The van der Waals surface area contributed by atoms with Crippen molar-refractivity contribution in [2.75, 3.05) is 13.7 Å². The third kappa shape index (κ3) is 3.58. The van der Waals surface area contributed by atoms with Gasteiger partial charge in [-0.05, 0) is 54.8 Å². The number of nitrogens with zero attached hydrogens (tertiary/aromatic N) is 1. The number of aryl methyl sites for hydroxylation is 1. The summed E-state index contributed by atoms with van der Waals surface area (Å²) < 4.78 is 5.25. The number of pyridine rings is 1. The highest BCUT2D eigenvalue weighted by Crippen LogP contribution is 2.26. The fourth-order valence-electron chi connectivity index (χ4n) is 2.23. The Hall–Kier alpha value is -1.87. The van der Waals surface area contributed by atoms with E-state index in [9.17, 15) is 0 Å². The molecule has 0 aliphatic rings. The average molecular weight is 270 g/mol. The van der Waals surface area contributed by atoms with Crippen LogP contribution in [0.15, 0.2) is 36.7 Å². The van der Waals surface area contributed by atoms with Gasteiger partial charge in [-0.3, -0.25) is 4.98 Å². The summed E-state index contributed by atoms with van der Waals surface area (Å²) in [5.74, 6) is 0.889. The van der Waals surface area contributed by atoms with E-state index in [0.29, 0.717) is 0 Å². The first-order valence-corrected chi connectivity index (χ1v) is 7.04. The molecule has 0 spiro atoms. The Labute approximate surface area is 121 Å². The van der Waals surface area contributed by atoms with E-state index in [1.54, 1.807) is 7.11 Å². The molecule has 20 heavy (non-hydrogen) atoms. The highest BCUT2D eigenvalue weighted by atomic mass is 16.5. The highest BCUT2D eigenvalue weighted by molar-refractivity contribution is 5.67. The number of ether oxygens (including phenoxy) is 1.